The summed E-state index contributed by atoms with van der Waals surface area (Å²) in [4.78, 5) is 0. The molecule has 0 aromatic heterocycles. The molecule has 0 spiro atoms. The Bertz CT molecular complexity index is 567. The molecule has 96 valence electrons. The van der Waals surface area contributed by atoms with Crippen molar-refractivity contribution in [2.24, 2.45) is 16.7 Å². The average Bonchev–Trinajstić information content (AvgIpc) is 2.65. The van der Waals surface area contributed by atoms with Gasteiger partial charge < -0.3 is 9.47 Å². The molecule has 2 heterocycles. The molecule has 2 bridgehead atoms. The van der Waals surface area contributed by atoms with Crippen LogP contribution in [-0.4, -0.2) is 18.3 Å². The quantitative estimate of drug-likeness (QED) is 0.704. The largest absolute Gasteiger partial charge is 0.447 e. The summed E-state index contributed by atoms with van der Waals surface area (Å²) in [6, 6.07) is 5.91. The second kappa shape index (κ2) is 3.47. The van der Waals surface area contributed by atoms with Gasteiger partial charge in [-0.15, -0.1) is 0 Å². The molecule has 3 aliphatic rings. The Morgan fingerprint density at radius 1 is 1.16 bits per heavy atom. The molecule has 3 fully saturated rings. The van der Waals surface area contributed by atoms with E-state index in [9.17, 15) is 15.8 Å². The van der Waals surface area contributed by atoms with Crippen LogP contribution in [0.4, 0.5) is 0 Å². The second-order valence-corrected chi connectivity index (χ2v) is 5.38. The second-order valence-electron chi connectivity index (χ2n) is 5.38. The third-order valence-corrected chi connectivity index (χ3v) is 4.72. The van der Waals surface area contributed by atoms with Crippen molar-refractivity contribution in [3.8, 4) is 18.2 Å². The highest BCUT2D eigenvalue weighted by Crippen LogP contribution is 2.64. The summed E-state index contributed by atoms with van der Waals surface area (Å²) in [6.07, 6.45) is 3.04. The minimum atomic E-state index is -1.65. The normalized spacial score (nSPS) is 42.2. The molecule has 6 heteroatoms. The number of rotatable bonds is 0. The van der Waals surface area contributed by atoms with Gasteiger partial charge in [0, 0.05) is 6.42 Å². The van der Waals surface area contributed by atoms with Crippen molar-refractivity contribution in [3.05, 3.63) is 0 Å². The molecule has 3 atom stereocenters. The zero-order chi connectivity index (χ0) is 13.7. The third kappa shape index (κ3) is 1.06. The van der Waals surface area contributed by atoms with Gasteiger partial charge in [-0.2, -0.15) is 15.8 Å². The molecule has 3 rings (SSSR count). The van der Waals surface area contributed by atoms with Crippen LogP contribution in [0.5, 0.6) is 0 Å². The first kappa shape index (κ1) is 12.0. The first-order chi connectivity index (χ1) is 9.11. The highest BCUT2D eigenvalue weighted by molar-refractivity contribution is 5.89. The van der Waals surface area contributed by atoms with E-state index in [1.54, 1.807) is 0 Å². The highest BCUT2D eigenvalue weighted by atomic mass is 16.7. The van der Waals surface area contributed by atoms with Crippen molar-refractivity contribution in [2.75, 3.05) is 6.61 Å². The van der Waals surface area contributed by atoms with Crippen LogP contribution in [0, 0.1) is 56.2 Å². The SMILES string of the molecule is N#CC1(C#N)COC23CCCCC2C1(C#N)C(=N)O3. The maximum atomic E-state index is 9.64. The molecular weight excluding hydrogens is 244 g/mol. The highest BCUT2D eigenvalue weighted by Gasteiger charge is 2.77. The maximum Gasteiger partial charge on any atom is 0.217 e. The van der Waals surface area contributed by atoms with Crippen LogP contribution < -0.4 is 0 Å². The van der Waals surface area contributed by atoms with Crippen molar-refractivity contribution >= 4 is 5.90 Å². The molecule has 0 aromatic carbocycles. The molecule has 1 aliphatic carbocycles. The van der Waals surface area contributed by atoms with Crippen molar-refractivity contribution in [3.63, 3.8) is 0 Å². The van der Waals surface area contributed by atoms with Gasteiger partial charge in [0.15, 0.2) is 10.8 Å². The maximum absolute atomic E-state index is 9.64. The Kier molecular flexibility index (Phi) is 2.18. The van der Waals surface area contributed by atoms with Crippen LogP contribution in [0.15, 0.2) is 0 Å². The van der Waals surface area contributed by atoms with Gasteiger partial charge in [-0.1, -0.05) is 6.42 Å². The Morgan fingerprint density at radius 3 is 2.53 bits per heavy atom. The number of nitrogens with one attached hydrogen (secondary N) is 1. The van der Waals surface area contributed by atoms with Gasteiger partial charge in [-0.25, -0.2) is 0 Å². The lowest BCUT2D eigenvalue weighted by molar-refractivity contribution is -0.260. The topological polar surface area (TPSA) is 114 Å². The molecule has 0 amide bonds. The number of hydrogen-bond donors (Lipinski definition) is 1. The number of ether oxygens (including phenoxy) is 2. The monoisotopic (exact) mass is 256 g/mol. The zero-order valence-electron chi connectivity index (χ0n) is 10.3. The molecule has 2 saturated heterocycles. The van der Waals surface area contributed by atoms with Gasteiger partial charge in [-0.05, 0) is 12.8 Å². The van der Waals surface area contributed by atoms with Gasteiger partial charge in [-0.3, -0.25) is 5.41 Å². The van der Waals surface area contributed by atoms with Gasteiger partial charge in [0.1, 0.15) is 0 Å². The van der Waals surface area contributed by atoms with Crippen molar-refractivity contribution in [1.82, 2.24) is 0 Å². The average molecular weight is 256 g/mol. The predicted molar refractivity (Wildman–Crippen MR) is 61.2 cm³/mol. The molecule has 1 saturated carbocycles. The fraction of sp³-hybridized carbons (Fsp3) is 0.692. The first-order valence-electron chi connectivity index (χ1n) is 6.26. The predicted octanol–water partition coefficient (Wildman–Crippen LogP) is 1.45. The number of nitrogens with zero attached hydrogens (tertiary/aromatic N) is 3. The first-order valence-corrected chi connectivity index (χ1v) is 6.26. The molecule has 19 heavy (non-hydrogen) atoms. The van der Waals surface area contributed by atoms with Gasteiger partial charge in [0.05, 0.1) is 30.7 Å². The number of nitriles is 3. The lowest BCUT2D eigenvalue weighted by Gasteiger charge is -2.47. The zero-order valence-corrected chi connectivity index (χ0v) is 10.3. The molecule has 1 N–H and O–H groups in total. The molecule has 0 aromatic rings. The summed E-state index contributed by atoms with van der Waals surface area (Å²) in [6.45, 7) is -0.174. The fourth-order valence-electron chi connectivity index (χ4n) is 3.72. The Hall–Kier alpha value is -2.10. The minimum Gasteiger partial charge on any atom is -0.447 e. The van der Waals surface area contributed by atoms with E-state index in [0.29, 0.717) is 12.8 Å². The summed E-state index contributed by atoms with van der Waals surface area (Å²) < 4.78 is 11.3. The van der Waals surface area contributed by atoms with E-state index in [4.69, 9.17) is 14.9 Å². The van der Waals surface area contributed by atoms with E-state index < -0.39 is 22.5 Å². The molecular formula is C13H12N4O2. The van der Waals surface area contributed by atoms with Crippen LogP contribution >= 0.6 is 0 Å². The van der Waals surface area contributed by atoms with E-state index in [2.05, 4.69) is 6.07 Å². The number of hydrogen-bond acceptors (Lipinski definition) is 6. The standard InChI is InChI=1S/C13H12N4O2/c14-5-11(6-15)8-18-13-4-2-1-3-9(13)12(11,7-16)10(17)19-13/h9,17H,1-4,8H2. The van der Waals surface area contributed by atoms with Crippen LogP contribution in [0.1, 0.15) is 25.7 Å². The van der Waals surface area contributed by atoms with Crippen molar-refractivity contribution < 1.29 is 9.47 Å². The summed E-state index contributed by atoms with van der Waals surface area (Å²) in [7, 11) is 0. The van der Waals surface area contributed by atoms with Gasteiger partial charge in [0.2, 0.25) is 11.7 Å². The summed E-state index contributed by atoms with van der Waals surface area (Å²) in [5.41, 5.74) is -3.14. The summed E-state index contributed by atoms with van der Waals surface area (Å²) in [5, 5.41) is 36.5. The Labute approximate surface area is 110 Å². The fourth-order valence-corrected chi connectivity index (χ4v) is 3.72. The Morgan fingerprint density at radius 2 is 1.89 bits per heavy atom. The van der Waals surface area contributed by atoms with E-state index in [1.165, 1.54) is 0 Å². The summed E-state index contributed by atoms with van der Waals surface area (Å²) >= 11 is 0. The molecule has 6 nitrogen and oxygen atoms in total. The van der Waals surface area contributed by atoms with Crippen LogP contribution in [-0.2, 0) is 9.47 Å². The van der Waals surface area contributed by atoms with E-state index in [-0.39, 0.29) is 12.5 Å². The molecule has 3 unspecified atom stereocenters. The van der Waals surface area contributed by atoms with E-state index in [0.717, 1.165) is 12.8 Å². The third-order valence-electron chi connectivity index (χ3n) is 4.72. The molecule has 0 radical (unpaired) electrons. The Balaban J connectivity index is 2.25. The van der Waals surface area contributed by atoms with Crippen LogP contribution in [0.25, 0.3) is 0 Å². The van der Waals surface area contributed by atoms with Gasteiger partial charge in [0.25, 0.3) is 0 Å². The smallest absolute Gasteiger partial charge is 0.217 e. The summed E-state index contributed by atoms with van der Waals surface area (Å²) in [5.74, 6) is -1.65. The van der Waals surface area contributed by atoms with Crippen molar-refractivity contribution in [2.45, 2.75) is 31.5 Å². The minimum absolute atomic E-state index is 0.174. The van der Waals surface area contributed by atoms with Crippen molar-refractivity contribution in [1.29, 1.82) is 21.2 Å². The van der Waals surface area contributed by atoms with E-state index in [1.807, 2.05) is 12.1 Å². The van der Waals surface area contributed by atoms with E-state index >= 15 is 0 Å². The lowest BCUT2D eigenvalue weighted by atomic mass is 9.54. The molecule has 2 aliphatic heterocycles. The van der Waals surface area contributed by atoms with Crippen LogP contribution in [0.2, 0.25) is 0 Å². The van der Waals surface area contributed by atoms with Gasteiger partial charge >= 0.3 is 0 Å². The van der Waals surface area contributed by atoms with Crippen LogP contribution in [0.3, 0.4) is 0 Å². The lowest BCUT2D eigenvalue weighted by Crippen LogP contribution is -2.59.